The van der Waals surface area contributed by atoms with Crippen LogP contribution in [0.4, 0.5) is 5.95 Å². The van der Waals surface area contributed by atoms with Crippen LogP contribution in [0.1, 0.15) is 12.8 Å². The summed E-state index contributed by atoms with van der Waals surface area (Å²) in [7, 11) is 3.11. The van der Waals surface area contributed by atoms with E-state index in [4.69, 9.17) is 9.47 Å². The van der Waals surface area contributed by atoms with Gasteiger partial charge in [-0.25, -0.2) is 0 Å². The van der Waals surface area contributed by atoms with Crippen molar-refractivity contribution in [3.05, 3.63) is 0 Å². The van der Waals surface area contributed by atoms with E-state index in [1.54, 1.807) is 14.2 Å². The number of hydrogen-bond acceptors (Lipinski definition) is 8. The third-order valence-corrected chi connectivity index (χ3v) is 5.20. The quantitative estimate of drug-likeness (QED) is 0.809. The van der Waals surface area contributed by atoms with Crippen molar-refractivity contribution >= 4 is 17.7 Å². The minimum Gasteiger partial charge on any atom is -0.467 e. The number of nitrogens with zero attached hydrogens (tertiary/aromatic N) is 5. The van der Waals surface area contributed by atoms with E-state index >= 15 is 0 Å². The van der Waals surface area contributed by atoms with Crippen LogP contribution in [0.2, 0.25) is 0 Å². The molecule has 0 unspecified atom stereocenters. The molecule has 0 aliphatic carbocycles. The fourth-order valence-electron chi connectivity index (χ4n) is 3.03. The number of thioether (sulfide) groups is 1. The Kier molecular flexibility index (Phi) is 5.20. The first-order valence-electron chi connectivity index (χ1n) is 7.71. The predicted molar refractivity (Wildman–Crippen MR) is 87.1 cm³/mol. The van der Waals surface area contributed by atoms with E-state index in [2.05, 4.69) is 36.5 Å². The SMILES string of the molecule is COc1nc(OC)nc(N2CCC(N3CCSCC3)CC2)n1. The van der Waals surface area contributed by atoms with E-state index in [1.165, 1.54) is 24.6 Å². The molecule has 1 aromatic rings. The van der Waals surface area contributed by atoms with Gasteiger partial charge in [0.2, 0.25) is 5.95 Å². The van der Waals surface area contributed by atoms with E-state index in [9.17, 15) is 0 Å². The van der Waals surface area contributed by atoms with Gasteiger partial charge in [-0.05, 0) is 12.8 Å². The summed E-state index contributed by atoms with van der Waals surface area (Å²) < 4.78 is 10.3. The van der Waals surface area contributed by atoms with Gasteiger partial charge in [-0.1, -0.05) is 0 Å². The summed E-state index contributed by atoms with van der Waals surface area (Å²) in [5.41, 5.74) is 0. The van der Waals surface area contributed by atoms with Crippen LogP contribution < -0.4 is 14.4 Å². The lowest BCUT2D eigenvalue weighted by atomic mass is 10.0. The second-order valence-electron chi connectivity index (χ2n) is 5.48. The van der Waals surface area contributed by atoms with Gasteiger partial charge in [0.25, 0.3) is 0 Å². The Morgan fingerprint density at radius 2 is 1.50 bits per heavy atom. The Morgan fingerprint density at radius 3 is 2.05 bits per heavy atom. The standard InChI is InChI=1S/C14H23N5O2S/c1-20-13-15-12(16-14(17-13)21-2)19-5-3-11(4-6-19)18-7-9-22-10-8-18/h11H,3-10H2,1-2H3. The largest absolute Gasteiger partial charge is 0.467 e. The van der Waals surface area contributed by atoms with Crippen LogP contribution in [0.3, 0.4) is 0 Å². The Morgan fingerprint density at radius 1 is 0.909 bits per heavy atom. The normalized spacial score (nSPS) is 20.9. The van der Waals surface area contributed by atoms with Crippen molar-refractivity contribution < 1.29 is 9.47 Å². The molecule has 0 atom stereocenters. The summed E-state index contributed by atoms with van der Waals surface area (Å²) in [4.78, 5) is 17.6. The van der Waals surface area contributed by atoms with Crippen LogP contribution in [0.5, 0.6) is 12.0 Å². The first-order chi connectivity index (χ1) is 10.8. The molecule has 7 nitrogen and oxygen atoms in total. The minimum absolute atomic E-state index is 0.303. The van der Waals surface area contributed by atoms with Crippen LogP contribution in [0.25, 0.3) is 0 Å². The summed E-state index contributed by atoms with van der Waals surface area (Å²) >= 11 is 2.06. The van der Waals surface area contributed by atoms with E-state index in [0.717, 1.165) is 25.9 Å². The lowest BCUT2D eigenvalue weighted by molar-refractivity contribution is 0.185. The number of aromatic nitrogens is 3. The average molecular weight is 325 g/mol. The van der Waals surface area contributed by atoms with Gasteiger partial charge in [0, 0.05) is 43.7 Å². The molecule has 0 aromatic carbocycles. The lowest BCUT2D eigenvalue weighted by Gasteiger charge is -2.40. The van der Waals surface area contributed by atoms with Crippen molar-refractivity contribution in [3.63, 3.8) is 0 Å². The molecule has 2 saturated heterocycles. The lowest BCUT2D eigenvalue weighted by Crippen LogP contribution is -2.48. The van der Waals surface area contributed by atoms with Gasteiger partial charge in [-0.2, -0.15) is 21.7 Å². The zero-order valence-corrected chi connectivity index (χ0v) is 14.0. The van der Waals surface area contributed by atoms with Gasteiger partial charge in [-0.3, -0.25) is 4.90 Å². The first-order valence-corrected chi connectivity index (χ1v) is 8.86. The molecular formula is C14H23N5O2S. The molecule has 22 heavy (non-hydrogen) atoms. The maximum absolute atomic E-state index is 5.13. The number of ether oxygens (including phenoxy) is 2. The van der Waals surface area contributed by atoms with Crippen LogP contribution in [-0.2, 0) is 0 Å². The monoisotopic (exact) mass is 325 g/mol. The van der Waals surface area contributed by atoms with Gasteiger partial charge < -0.3 is 14.4 Å². The molecule has 1 aromatic heterocycles. The highest BCUT2D eigenvalue weighted by molar-refractivity contribution is 7.99. The summed E-state index contributed by atoms with van der Waals surface area (Å²) in [5.74, 6) is 3.18. The molecule has 2 aliphatic rings. The van der Waals surface area contributed by atoms with Crippen LogP contribution in [0.15, 0.2) is 0 Å². The van der Waals surface area contributed by atoms with Crippen molar-refractivity contribution in [1.29, 1.82) is 0 Å². The molecule has 2 aliphatic heterocycles. The van der Waals surface area contributed by atoms with Gasteiger partial charge in [0.15, 0.2) is 0 Å². The van der Waals surface area contributed by atoms with E-state index in [-0.39, 0.29) is 0 Å². The number of anilines is 1. The summed E-state index contributed by atoms with van der Waals surface area (Å²) in [6.07, 6.45) is 2.31. The Hall–Kier alpha value is -1.28. The van der Waals surface area contributed by atoms with Crippen molar-refractivity contribution in [2.45, 2.75) is 18.9 Å². The molecule has 0 radical (unpaired) electrons. The highest BCUT2D eigenvalue weighted by atomic mass is 32.2. The molecule has 3 heterocycles. The predicted octanol–water partition coefficient (Wildman–Crippen LogP) is 0.906. The van der Waals surface area contributed by atoms with Crippen LogP contribution in [0, 0.1) is 0 Å². The zero-order chi connectivity index (χ0) is 15.4. The highest BCUT2D eigenvalue weighted by Crippen LogP contribution is 2.24. The highest BCUT2D eigenvalue weighted by Gasteiger charge is 2.27. The van der Waals surface area contributed by atoms with Crippen molar-refractivity contribution in [2.24, 2.45) is 0 Å². The van der Waals surface area contributed by atoms with Gasteiger partial charge in [0.1, 0.15) is 0 Å². The molecule has 8 heteroatoms. The summed E-state index contributed by atoms with van der Waals surface area (Å²) in [6, 6.07) is 1.30. The Labute approximate surface area is 135 Å². The smallest absolute Gasteiger partial charge is 0.324 e. The Bertz CT molecular complexity index is 468. The van der Waals surface area contributed by atoms with Crippen molar-refractivity contribution in [1.82, 2.24) is 19.9 Å². The average Bonchev–Trinajstić information content (AvgIpc) is 2.62. The molecule has 3 rings (SSSR count). The zero-order valence-electron chi connectivity index (χ0n) is 13.2. The number of hydrogen-bond donors (Lipinski definition) is 0. The molecule has 2 fully saturated rings. The Balaban J connectivity index is 1.63. The first kappa shape index (κ1) is 15.6. The summed E-state index contributed by atoms with van der Waals surface area (Å²) in [6.45, 7) is 4.38. The number of rotatable bonds is 4. The van der Waals surface area contributed by atoms with E-state index in [1.807, 2.05) is 0 Å². The molecule has 0 spiro atoms. The fourth-order valence-corrected chi connectivity index (χ4v) is 3.96. The van der Waals surface area contributed by atoms with Crippen molar-refractivity contribution in [3.8, 4) is 12.0 Å². The molecule has 122 valence electrons. The van der Waals surface area contributed by atoms with Gasteiger partial charge in [0.05, 0.1) is 14.2 Å². The molecule has 0 amide bonds. The maximum Gasteiger partial charge on any atom is 0.324 e. The van der Waals surface area contributed by atoms with Crippen LogP contribution in [-0.4, -0.2) is 77.8 Å². The molecule has 0 saturated carbocycles. The third-order valence-electron chi connectivity index (χ3n) is 4.26. The number of methoxy groups -OCH3 is 2. The molecule has 0 N–H and O–H groups in total. The molecular weight excluding hydrogens is 302 g/mol. The van der Waals surface area contributed by atoms with Gasteiger partial charge in [-0.15, -0.1) is 4.98 Å². The molecule has 0 bridgehead atoms. The minimum atomic E-state index is 0.303. The fraction of sp³-hybridized carbons (Fsp3) is 0.786. The maximum atomic E-state index is 5.13. The van der Waals surface area contributed by atoms with E-state index in [0.29, 0.717) is 24.0 Å². The second kappa shape index (κ2) is 7.32. The van der Waals surface area contributed by atoms with E-state index < -0.39 is 0 Å². The third kappa shape index (κ3) is 3.55. The van der Waals surface area contributed by atoms with Gasteiger partial charge >= 0.3 is 12.0 Å². The van der Waals surface area contributed by atoms with Crippen molar-refractivity contribution in [2.75, 3.05) is 56.8 Å². The number of piperidine rings is 1. The topological polar surface area (TPSA) is 63.6 Å². The summed E-state index contributed by atoms with van der Waals surface area (Å²) in [5, 5.41) is 0. The second-order valence-corrected chi connectivity index (χ2v) is 6.70. The van der Waals surface area contributed by atoms with Crippen LogP contribution >= 0.6 is 11.8 Å².